The average Bonchev–Trinajstić information content (AvgIpc) is 2.46. The van der Waals surface area contributed by atoms with Crippen LogP contribution in [0.1, 0.15) is 22.3 Å². The number of carbonyl (C=O) groups is 1. The number of nitrogens with one attached hydrogen (secondary N) is 1. The smallest absolute Gasteiger partial charge is 0.257 e. The Morgan fingerprint density at radius 3 is 2.89 bits per heavy atom. The van der Waals surface area contributed by atoms with Crippen molar-refractivity contribution in [2.24, 2.45) is 0 Å². The summed E-state index contributed by atoms with van der Waals surface area (Å²) in [5.74, 6) is -0.174. The van der Waals surface area contributed by atoms with Crippen LogP contribution < -0.4 is 5.32 Å². The van der Waals surface area contributed by atoms with Gasteiger partial charge in [0.05, 0.1) is 5.56 Å². The molecule has 0 fully saturated rings. The van der Waals surface area contributed by atoms with Crippen molar-refractivity contribution >= 4 is 11.6 Å². The van der Waals surface area contributed by atoms with Crippen LogP contribution >= 0.6 is 0 Å². The first-order valence-corrected chi connectivity index (χ1v) is 6.21. The second-order valence-electron chi connectivity index (χ2n) is 4.22. The molecule has 4 nitrogen and oxygen atoms in total. The predicted molar refractivity (Wildman–Crippen MR) is 74.0 cm³/mol. The third kappa shape index (κ3) is 3.89. The minimum absolute atomic E-state index is 0.173. The number of rotatable bonds is 5. The van der Waals surface area contributed by atoms with Gasteiger partial charge in [-0.05, 0) is 42.7 Å². The van der Waals surface area contributed by atoms with E-state index < -0.39 is 0 Å². The van der Waals surface area contributed by atoms with Crippen molar-refractivity contribution in [3.63, 3.8) is 0 Å². The Morgan fingerprint density at radius 1 is 1.26 bits per heavy atom. The lowest BCUT2D eigenvalue weighted by atomic mass is 10.1. The van der Waals surface area contributed by atoms with E-state index in [4.69, 9.17) is 5.11 Å². The molecule has 4 heteroatoms. The van der Waals surface area contributed by atoms with Crippen molar-refractivity contribution in [3.05, 3.63) is 59.9 Å². The summed E-state index contributed by atoms with van der Waals surface area (Å²) in [6, 6.07) is 11.1. The van der Waals surface area contributed by atoms with Gasteiger partial charge in [-0.1, -0.05) is 12.1 Å². The maximum Gasteiger partial charge on any atom is 0.257 e. The second kappa shape index (κ2) is 6.66. The Bertz CT molecular complexity index is 541. The Balaban J connectivity index is 2.05. The normalized spacial score (nSPS) is 10.2. The summed E-state index contributed by atoms with van der Waals surface area (Å²) in [4.78, 5) is 15.9. The summed E-state index contributed by atoms with van der Waals surface area (Å²) in [7, 11) is 0. The molecule has 0 saturated carbocycles. The fourth-order valence-corrected chi connectivity index (χ4v) is 1.79. The number of aliphatic hydroxyl groups excluding tert-OH is 1. The van der Waals surface area contributed by atoms with Gasteiger partial charge < -0.3 is 10.4 Å². The van der Waals surface area contributed by atoms with E-state index in [1.165, 1.54) is 6.20 Å². The minimum Gasteiger partial charge on any atom is -0.396 e. The predicted octanol–water partition coefficient (Wildman–Crippen LogP) is 2.26. The van der Waals surface area contributed by atoms with E-state index in [-0.39, 0.29) is 12.5 Å². The van der Waals surface area contributed by atoms with Crippen molar-refractivity contribution in [2.75, 3.05) is 11.9 Å². The highest BCUT2D eigenvalue weighted by molar-refractivity contribution is 6.04. The van der Waals surface area contributed by atoms with Crippen molar-refractivity contribution in [1.82, 2.24) is 4.98 Å². The van der Waals surface area contributed by atoms with Gasteiger partial charge in [-0.15, -0.1) is 0 Å². The number of pyridine rings is 1. The molecule has 0 aliphatic carbocycles. The molecule has 0 unspecified atom stereocenters. The van der Waals surface area contributed by atoms with E-state index in [1.807, 2.05) is 24.3 Å². The number of aromatic nitrogens is 1. The van der Waals surface area contributed by atoms with Crippen LogP contribution in [0.15, 0.2) is 48.8 Å². The number of benzene rings is 1. The fourth-order valence-electron chi connectivity index (χ4n) is 1.79. The summed E-state index contributed by atoms with van der Waals surface area (Å²) in [5, 5.41) is 11.6. The van der Waals surface area contributed by atoms with Crippen molar-refractivity contribution in [1.29, 1.82) is 0 Å². The molecule has 2 N–H and O–H groups in total. The van der Waals surface area contributed by atoms with Gasteiger partial charge in [0.1, 0.15) is 0 Å². The molecule has 0 bridgehead atoms. The molecular formula is C15H16N2O2. The lowest BCUT2D eigenvalue weighted by molar-refractivity contribution is 0.102. The number of anilines is 1. The zero-order valence-electron chi connectivity index (χ0n) is 10.5. The van der Waals surface area contributed by atoms with Gasteiger partial charge in [-0.2, -0.15) is 0 Å². The van der Waals surface area contributed by atoms with Crippen LogP contribution in [0, 0.1) is 0 Å². The maximum absolute atomic E-state index is 11.9. The lowest BCUT2D eigenvalue weighted by Crippen LogP contribution is -2.12. The molecule has 0 aliphatic heterocycles. The van der Waals surface area contributed by atoms with Crippen molar-refractivity contribution in [2.45, 2.75) is 12.8 Å². The molecule has 1 aromatic heterocycles. The van der Waals surface area contributed by atoms with Crippen LogP contribution in [0.3, 0.4) is 0 Å². The number of aryl methyl sites for hydroxylation is 1. The average molecular weight is 256 g/mol. The molecule has 0 radical (unpaired) electrons. The zero-order chi connectivity index (χ0) is 13.5. The van der Waals surface area contributed by atoms with E-state index in [1.54, 1.807) is 18.3 Å². The summed E-state index contributed by atoms with van der Waals surface area (Å²) in [6.07, 6.45) is 4.68. The molecule has 1 heterocycles. The molecule has 2 rings (SSSR count). The lowest BCUT2D eigenvalue weighted by Gasteiger charge is -2.07. The number of amides is 1. The van der Waals surface area contributed by atoms with E-state index in [0.717, 1.165) is 24.1 Å². The topological polar surface area (TPSA) is 62.2 Å². The molecule has 1 aromatic carbocycles. The summed E-state index contributed by atoms with van der Waals surface area (Å²) < 4.78 is 0. The van der Waals surface area contributed by atoms with Gasteiger partial charge in [0.25, 0.3) is 5.91 Å². The first-order valence-electron chi connectivity index (χ1n) is 6.21. The van der Waals surface area contributed by atoms with Crippen LogP contribution in [-0.2, 0) is 6.42 Å². The van der Waals surface area contributed by atoms with Crippen LogP contribution in [0.25, 0.3) is 0 Å². The summed E-state index contributed by atoms with van der Waals surface area (Å²) >= 11 is 0. The molecule has 0 atom stereocenters. The standard InChI is InChI=1S/C15H16N2O2/c18-9-3-5-12-4-1-7-14(10-12)17-15(19)13-6-2-8-16-11-13/h1-2,4,6-8,10-11,18H,3,5,9H2,(H,17,19). The minimum atomic E-state index is -0.174. The zero-order valence-corrected chi connectivity index (χ0v) is 10.5. The molecular weight excluding hydrogens is 240 g/mol. The Morgan fingerprint density at radius 2 is 2.16 bits per heavy atom. The van der Waals surface area contributed by atoms with Crippen molar-refractivity contribution in [3.8, 4) is 0 Å². The highest BCUT2D eigenvalue weighted by Crippen LogP contribution is 2.13. The third-order valence-corrected chi connectivity index (χ3v) is 2.73. The van der Waals surface area contributed by atoms with E-state index in [9.17, 15) is 4.79 Å². The molecule has 0 spiro atoms. The largest absolute Gasteiger partial charge is 0.396 e. The summed E-state index contributed by atoms with van der Waals surface area (Å²) in [5.41, 5.74) is 2.38. The fraction of sp³-hybridized carbons (Fsp3) is 0.200. The molecule has 0 saturated heterocycles. The number of carbonyl (C=O) groups excluding carboxylic acids is 1. The molecule has 1 amide bonds. The SMILES string of the molecule is O=C(Nc1cccc(CCCO)c1)c1cccnc1. The van der Waals surface area contributed by atoms with Gasteiger partial charge >= 0.3 is 0 Å². The quantitative estimate of drug-likeness (QED) is 0.862. The Labute approximate surface area is 112 Å². The van der Waals surface area contributed by atoms with Gasteiger partial charge in [0.15, 0.2) is 0 Å². The maximum atomic E-state index is 11.9. The van der Waals surface area contributed by atoms with Crippen LogP contribution in [-0.4, -0.2) is 22.6 Å². The van der Waals surface area contributed by atoms with Crippen LogP contribution in [0.4, 0.5) is 5.69 Å². The first kappa shape index (κ1) is 13.2. The highest BCUT2D eigenvalue weighted by Gasteiger charge is 2.05. The van der Waals surface area contributed by atoms with Gasteiger partial charge in [0.2, 0.25) is 0 Å². The molecule has 98 valence electrons. The van der Waals surface area contributed by atoms with Crippen LogP contribution in [0.2, 0.25) is 0 Å². The first-order chi connectivity index (χ1) is 9.29. The second-order valence-corrected chi connectivity index (χ2v) is 4.22. The molecule has 19 heavy (non-hydrogen) atoms. The Kier molecular flexibility index (Phi) is 4.64. The van der Waals surface area contributed by atoms with Gasteiger partial charge in [0, 0.05) is 24.7 Å². The van der Waals surface area contributed by atoms with Crippen molar-refractivity contribution < 1.29 is 9.90 Å². The monoisotopic (exact) mass is 256 g/mol. The number of hydrogen-bond acceptors (Lipinski definition) is 3. The van der Waals surface area contributed by atoms with Gasteiger partial charge in [-0.3, -0.25) is 9.78 Å². The van der Waals surface area contributed by atoms with Gasteiger partial charge in [-0.25, -0.2) is 0 Å². The number of nitrogens with zero attached hydrogens (tertiary/aromatic N) is 1. The highest BCUT2D eigenvalue weighted by atomic mass is 16.2. The third-order valence-electron chi connectivity index (χ3n) is 2.73. The molecule has 2 aromatic rings. The van der Waals surface area contributed by atoms with Crippen LogP contribution in [0.5, 0.6) is 0 Å². The number of hydrogen-bond donors (Lipinski definition) is 2. The van der Waals surface area contributed by atoms with E-state index in [0.29, 0.717) is 5.56 Å². The number of aliphatic hydroxyl groups is 1. The Hall–Kier alpha value is -2.20. The van der Waals surface area contributed by atoms with E-state index in [2.05, 4.69) is 10.3 Å². The van der Waals surface area contributed by atoms with E-state index >= 15 is 0 Å². The summed E-state index contributed by atoms with van der Waals surface area (Å²) in [6.45, 7) is 0.173. The molecule has 0 aliphatic rings.